The molecule has 0 bridgehead atoms. The molecule has 5 fully saturated rings. The van der Waals surface area contributed by atoms with Gasteiger partial charge >= 0.3 is 0 Å². The molecule has 5 aliphatic rings. The van der Waals surface area contributed by atoms with Crippen molar-refractivity contribution < 1.29 is 15.8 Å². The molecule has 16 heteroatoms. The molecule has 1 saturated heterocycles. The number of nitrogens with zero attached hydrogens (tertiary/aromatic N) is 7. The summed E-state index contributed by atoms with van der Waals surface area (Å²) in [6.45, 7) is 2.80. The summed E-state index contributed by atoms with van der Waals surface area (Å²) in [5.41, 5.74) is 12.3. The number of nitrogens with one attached hydrogen (secondary N) is 2. The molecule has 10 aromatic rings. The number of hydrogen-bond acceptors (Lipinski definition) is 11. The Morgan fingerprint density at radius 3 is 1.28 bits per heavy atom. The standard InChI is InChI=1S/C21H20ClN3O.C21H21N3O.C13H19N.C13H15N.C8H4Cl2N2.C4H8O.H2/c22-20-23-17-12-6-5-11-16(17)18(25-20)24-19(26)21(13-7-2-8-14-21)15-9-3-1-4-10-15;25-20(24-19-17-11-5-6-12-18(17)22-15-23-19)21(13-7-2-8-14-21)16-9-3-1-4-10-16;2*14-11-13(9-5-2-6-10-13)12-7-3-1-4-8-12;9-7-5-3-1-2-4-6(5)11-8(10)12-7;1-2-4-5-3-1;/h1,3-6,9-12H,2,7-8,13-14H2,(H,23,24,25,26);1,3-6,9-12,15H,2,7-8,13-14H2,(H,22,23,24,25);1,3-4,7-8H,2,5-6,9-11,14H2;1,3-4,7-8H,2,5-6,9-10H2;1-4H;1-4H2;1H. The summed E-state index contributed by atoms with van der Waals surface area (Å²) in [5, 5.41) is 18.7. The van der Waals surface area contributed by atoms with E-state index in [-0.39, 0.29) is 29.2 Å². The first-order chi connectivity index (χ1) is 47.0. The van der Waals surface area contributed by atoms with Gasteiger partial charge in [0, 0.05) is 42.8 Å². The van der Waals surface area contributed by atoms with Crippen molar-refractivity contribution in [2.24, 2.45) is 5.73 Å². The van der Waals surface area contributed by atoms with Crippen LogP contribution in [0.2, 0.25) is 15.7 Å². The fourth-order valence-corrected chi connectivity index (χ4v) is 15.0. The number of hydrogen-bond donors (Lipinski definition) is 3. The molecule has 2 amide bonds. The van der Waals surface area contributed by atoms with E-state index in [0.717, 1.165) is 128 Å². The maximum absolute atomic E-state index is 13.4. The summed E-state index contributed by atoms with van der Waals surface area (Å²) in [6, 6.07) is 66.6. The fourth-order valence-electron chi connectivity index (χ4n) is 14.4. The number of ether oxygens (including phenoxy) is 1. The van der Waals surface area contributed by atoms with Gasteiger partial charge in [-0.05, 0) is 146 Å². The van der Waals surface area contributed by atoms with Gasteiger partial charge in [0.1, 0.15) is 23.1 Å². The Balaban J connectivity index is 0.000000143. The van der Waals surface area contributed by atoms with Crippen molar-refractivity contribution in [3.63, 3.8) is 0 Å². The van der Waals surface area contributed by atoms with Crippen molar-refractivity contribution in [3.05, 3.63) is 238 Å². The largest absolute Gasteiger partial charge is 0.381 e. The molecular formula is C80H89Cl3N10O3. The zero-order valence-electron chi connectivity index (χ0n) is 54.8. The van der Waals surface area contributed by atoms with Gasteiger partial charge in [0.25, 0.3) is 0 Å². The molecule has 0 atom stereocenters. The molecule has 0 radical (unpaired) electrons. The van der Waals surface area contributed by atoms with Crippen LogP contribution in [0.3, 0.4) is 0 Å². The lowest BCUT2D eigenvalue weighted by atomic mass is 9.68. The van der Waals surface area contributed by atoms with E-state index in [0.29, 0.717) is 22.2 Å². The highest BCUT2D eigenvalue weighted by Gasteiger charge is 2.43. The third-order valence-corrected chi connectivity index (χ3v) is 20.3. The SMILES string of the molecule is C1CCOC1.Clc1nc(Cl)c2ccccc2n1.N#CC1(c2ccccc2)CCCCC1.NCC1(c2ccccc2)CCCCC1.O=C(Nc1nc(Cl)nc2ccccc12)C1(c2ccccc2)CCCCC1.O=C(Nc1ncnc2ccccc12)C1(c2ccccc2)CCCCC1.[HH]. The number of nitrogens with two attached hydrogens (primary N) is 1. The molecule has 96 heavy (non-hydrogen) atoms. The number of nitriles is 1. The van der Waals surface area contributed by atoms with Crippen molar-refractivity contribution >= 4 is 91.0 Å². The molecule has 1 aliphatic heterocycles. The van der Waals surface area contributed by atoms with Crippen molar-refractivity contribution in [3.8, 4) is 6.07 Å². The molecule has 0 unspecified atom stereocenters. The van der Waals surface area contributed by atoms with Crippen molar-refractivity contribution in [2.45, 2.75) is 163 Å². The van der Waals surface area contributed by atoms with Gasteiger partial charge in [0.05, 0.1) is 38.9 Å². The van der Waals surface area contributed by atoms with Gasteiger partial charge in [-0.2, -0.15) is 10.2 Å². The Bertz CT molecular complexity index is 4110. The summed E-state index contributed by atoms with van der Waals surface area (Å²) < 4.78 is 4.94. The van der Waals surface area contributed by atoms with Crippen LogP contribution in [0.1, 0.15) is 165 Å². The molecule has 4 heterocycles. The van der Waals surface area contributed by atoms with Crippen molar-refractivity contribution in [1.82, 2.24) is 29.9 Å². The van der Waals surface area contributed by atoms with E-state index in [9.17, 15) is 14.9 Å². The minimum absolute atomic E-state index is 0. The Kier molecular flexibility index (Phi) is 25.8. The Hall–Kier alpha value is -8.22. The second-order valence-electron chi connectivity index (χ2n) is 25.7. The molecule has 7 aromatic carbocycles. The number of carbonyl (C=O) groups excluding carboxylic acids is 2. The molecule has 4 saturated carbocycles. The predicted octanol–water partition coefficient (Wildman–Crippen LogP) is 19.8. The van der Waals surface area contributed by atoms with Gasteiger partial charge < -0.3 is 21.1 Å². The fraction of sp³-hybridized carbons (Fsp3) is 0.362. The lowest BCUT2D eigenvalue weighted by Crippen LogP contribution is -2.42. The third-order valence-electron chi connectivity index (χ3n) is 19.7. The van der Waals surface area contributed by atoms with Gasteiger partial charge in [-0.3, -0.25) is 9.59 Å². The average Bonchev–Trinajstić information content (AvgIpc) is 1.61. The number of fused-ring (bicyclic) bond motifs is 3. The number of benzene rings is 7. The molecule has 4 aliphatic carbocycles. The van der Waals surface area contributed by atoms with Crippen LogP contribution in [0, 0.1) is 11.3 Å². The minimum Gasteiger partial charge on any atom is -0.381 e. The Morgan fingerprint density at radius 1 is 0.427 bits per heavy atom. The van der Waals surface area contributed by atoms with E-state index in [2.05, 4.69) is 113 Å². The number of aromatic nitrogens is 6. The van der Waals surface area contributed by atoms with E-state index in [4.69, 9.17) is 45.3 Å². The minimum atomic E-state index is -0.516. The zero-order valence-corrected chi connectivity index (χ0v) is 57.1. The predicted molar refractivity (Wildman–Crippen MR) is 393 cm³/mol. The normalized spacial score (nSPS) is 17.2. The lowest BCUT2D eigenvalue weighted by molar-refractivity contribution is -0.123. The third kappa shape index (κ3) is 17.9. The number of halogens is 3. The summed E-state index contributed by atoms with van der Waals surface area (Å²) in [7, 11) is 0. The van der Waals surface area contributed by atoms with Crippen LogP contribution in [0.25, 0.3) is 32.7 Å². The van der Waals surface area contributed by atoms with Crippen molar-refractivity contribution in [1.29, 1.82) is 5.26 Å². The molecular weight excluding hydrogens is 1260 g/mol. The first-order valence-corrected chi connectivity index (χ1v) is 35.4. The maximum atomic E-state index is 13.4. The Labute approximate surface area is 581 Å². The number of anilines is 2. The highest BCUT2D eigenvalue weighted by molar-refractivity contribution is 6.35. The van der Waals surface area contributed by atoms with Gasteiger partial charge in [-0.25, -0.2) is 24.9 Å². The number of amides is 2. The highest BCUT2D eigenvalue weighted by atomic mass is 35.5. The van der Waals surface area contributed by atoms with Crippen LogP contribution >= 0.6 is 34.8 Å². The smallest absolute Gasteiger partial charge is 0.236 e. The van der Waals surface area contributed by atoms with E-state index in [1.807, 2.05) is 127 Å². The van der Waals surface area contributed by atoms with Crippen LogP contribution in [0.15, 0.2) is 200 Å². The summed E-state index contributed by atoms with van der Waals surface area (Å²) in [5.74, 6) is 1.11. The number of para-hydroxylation sites is 3. The van der Waals surface area contributed by atoms with E-state index in [1.54, 1.807) is 0 Å². The second-order valence-corrected chi connectivity index (χ2v) is 26.7. The summed E-state index contributed by atoms with van der Waals surface area (Å²) >= 11 is 17.5. The number of carbonyl (C=O) groups is 2. The van der Waals surface area contributed by atoms with E-state index in [1.165, 1.54) is 94.5 Å². The van der Waals surface area contributed by atoms with Crippen LogP contribution < -0.4 is 16.4 Å². The van der Waals surface area contributed by atoms with E-state index < -0.39 is 10.8 Å². The maximum Gasteiger partial charge on any atom is 0.236 e. The monoisotopic (exact) mass is 1340 g/mol. The lowest BCUT2D eigenvalue weighted by Gasteiger charge is -2.36. The highest BCUT2D eigenvalue weighted by Crippen LogP contribution is 2.44. The van der Waals surface area contributed by atoms with Crippen LogP contribution in [0.5, 0.6) is 0 Å². The van der Waals surface area contributed by atoms with Crippen LogP contribution in [-0.2, 0) is 36.0 Å². The van der Waals surface area contributed by atoms with Gasteiger partial charge in [0.15, 0.2) is 0 Å². The summed E-state index contributed by atoms with van der Waals surface area (Å²) in [6.07, 6.45) is 26.5. The quantitative estimate of drug-likeness (QED) is 0.0919. The van der Waals surface area contributed by atoms with Crippen LogP contribution in [-0.4, -0.2) is 61.5 Å². The number of rotatable bonds is 9. The van der Waals surface area contributed by atoms with Crippen molar-refractivity contribution in [2.75, 3.05) is 30.4 Å². The Morgan fingerprint density at radius 2 is 0.812 bits per heavy atom. The van der Waals surface area contributed by atoms with Gasteiger partial charge in [-0.15, -0.1) is 0 Å². The molecule has 3 aromatic heterocycles. The topological polar surface area (TPSA) is 195 Å². The zero-order chi connectivity index (χ0) is 66.9. The molecule has 0 spiro atoms. The molecule has 13 nitrogen and oxygen atoms in total. The molecule has 498 valence electrons. The van der Waals surface area contributed by atoms with Gasteiger partial charge in [-0.1, -0.05) is 246 Å². The summed E-state index contributed by atoms with van der Waals surface area (Å²) in [4.78, 5) is 51.7. The van der Waals surface area contributed by atoms with Gasteiger partial charge in [0.2, 0.25) is 22.4 Å². The molecule has 15 rings (SSSR count). The second kappa shape index (κ2) is 35.2. The van der Waals surface area contributed by atoms with Crippen LogP contribution in [0.4, 0.5) is 11.6 Å². The first kappa shape index (κ1) is 70.6. The molecule has 4 N–H and O–H groups in total. The average molecular weight is 1350 g/mol. The van der Waals surface area contributed by atoms with E-state index >= 15 is 0 Å². The first-order valence-electron chi connectivity index (χ1n) is 34.2.